The second kappa shape index (κ2) is 13.7. The van der Waals surface area contributed by atoms with Crippen molar-refractivity contribution in [2.75, 3.05) is 27.2 Å². The molecule has 226 valence electrons. The zero-order chi connectivity index (χ0) is 34.1. The number of hydrogen-bond acceptors (Lipinski definition) is 7. The van der Waals surface area contributed by atoms with E-state index < -0.39 is 64.0 Å². The predicted octanol–water partition coefficient (Wildman–Crippen LogP) is 3.61. The number of carbonyl (C=O) groups is 2. The Morgan fingerprint density at radius 1 is 1.05 bits per heavy atom. The van der Waals surface area contributed by atoms with Crippen LogP contribution in [0.5, 0.6) is 5.75 Å². The van der Waals surface area contributed by atoms with E-state index in [0.29, 0.717) is 11.1 Å². The number of carbonyl (C=O) groups excluding carboxylic acids is 2. The molecular formula is C31H38ClN3O6S. The summed E-state index contributed by atoms with van der Waals surface area (Å²) in [7, 11) is -0.984. The average molecular weight is 621 g/mol. The van der Waals surface area contributed by atoms with E-state index in [2.05, 4.69) is 0 Å². The lowest BCUT2D eigenvalue weighted by Gasteiger charge is -2.48. The number of benzene rings is 3. The van der Waals surface area contributed by atoms with Crippen LogP contribution in [0, 0.1) is 5.92 Å². The summed E-state index contributed by atoms with van der Waals surface area (Å²) in [5, 5.41) is 0. The van der Waals surface area contributed by atoms with E-state index in [1.54, 1.807) is 64.3 Å². The second-order valence-corrected chi connectivity index (χ2v) is 12.4. The molecule has 1 saturated heterocycles. The van der Waals surface area contributed by atoms with Crippen LogP contribution >= 0.6 is 12.4 Å². The Labute approximate surface area is 261 Å². The van der Waals surface area contributed by atoms with E-state index in [-0.39, 0.29) is 54.4 Å². The van der Waals surface area contributed by atoms with Crippen molar-refractivity contribution < 1.29 is 34.3 Å². The SMILES string of the molecule is Cl.[2H]c1c([2H])c([2H])c(OC2(c3ccccc3)CN(S(=O)(=O)c3cccc(C[C@H](N)C(=O)O[C@H](C(=O)N(C)C)C(C)C)c3)C2)c([2H])c1[2H]. The summed E-state index contributed by atoms with van der Waals surface area (Å²) in [6, 6.07) is 10.7. The normalized spacial score (nSPS) is 17.6. The Balaban J connectivity index is 0.00000600. The van der Waals surface area contributed by atoms with Crippen LogP contribution in [0.2, 0.25) is 0 Å². The van der Waals surface area contributed by atoms with E-state index >= 15 is 0 Å². The minimum atomic E-state index is -4.10. The highest BCUT2D eigenvalue weighted by atomic mass is 35.5. The van der Waals surface area contributed by atoms with E-state index in [9.17, 15) is 18.0 Å². The van der Waals surface area contributed by atoms with Crippen LogP contribution in [-0.4, -0.2) is 68.8 Å². The van der Waals surface area contributed by atoms with Crippen LogP contribution < -0.4 is 10.5 Å². The summed E-state index contributed by atoms with van der Waals surface area (Å²) in [5.74, 6) is -1.83. The largest absolute Gasteiger partial charge is 0.480 e. The molecule has 2 N–H and O–H groups in total. The Kier molecular flexibility index (Phi) is 8.54. The minimum absolute atomic E-state index is 0. The lowest BCUT2D eigenvalue weighted by molar-refractivity contribution is -0.163. The summed E-state index contributed by atoms with van der Waals surface area (Å²) in [4.78, 5) is 26.5. The highest BCUT2D eigenvalue weighted by molar-refractivity contribution is 7.89. The van der Waals surface area contributed by atoms with Crippen molar-refractivity contribution in [2.24, 2.45) is 11.7 Å². The molecule has 0 unspecified atom stereocenters. The Bertz CT molecular complexity index is 1710. The number of ether oxygens (including phenoxy) is 2. The van der Waals surface area contributed by atoms with Crippen LogP contribution in [-0.2, 0) is 36.4 Å². The van der Waals surface area contributed by atoms with Crippen molar-refractivity contribution in [2.45, 2.75) is 42.9 Å². The first-order valence-corrected chi connectivity index (χ1v) is 14.5. The van der Waals surface area contributed by atoms with Gasteiger partial charge in [-0.3, -0.25) is 9.59 Å². The first kappa shape index (κ1) is 26.2. The standard InChI is InChI=1S/C31H37N3O6S.ClH/c1-22(2)28(29(35)33(3)4)39-30(36)27(32)19-23-12-11-17-26(18-23)41(37,38)34-20-31(21-34,24-13-7-5-8-14-24)40-25-15-9-6-10-16-25;/h5-18,22,27-28H,19-21,32H2,1-4H3;1H/t27-,28-;/m0./s1/i6D,9D,10D,15D,16D;. The molecule has 1 aliphatic rings. The van der Waals surface area contributed by atoms with E-state index in [1.807, 2.05) is 0 Å². The first-order valence-electron chi connectivity index (χ1n) is 15.6. The van der Waals surface area contributed by atoms with Gasteiger partial charge in [-0.05, 0) is 47.7 Å². The third-order valence-corrected chi connectivity index (χ3v) is 8.55. The maximum absolute atomic E-state index is 13.8. The molecule has 0 radical (unpaired) electrons. The van der Waals surface area contributed by atoms with Gasteiger partial charge in [0.15, 0.2) is 11.7 Å². The maximum Gasteiger partial charge on any atom is 0.324 e. The molecule has 3 aromatic rings. The first-order chi connectivity index (χ1) is 21.5. The summed E-state index contributed by atoms with van der Waals surface area (Å²) in [6.07, 6.45) is -1.06. The van der Waals surface area contributed by atoms with Crippen molar-refractivity contribution in [1.82, 2.24) is 9.21 Å². The van der Waals surface area contributed by atoms with Gasteiger partial charge in [-0.25, -0.2) is 8.42 Å². The van der Waals surface area contributed by atoms with E-state index in [1.165, 1.54) is 27.4 Å². The molecule has 1 amide bonds. The fourth-order valence-corrected chi connectivity index (χ4v) is 6.09. The molecule has 0 spiro atoms. The highest BCUT2D eigenvalue weighted by Crippen LogP contribution is 2.40. The molecular weight excluding hydrogens is 578 g/mol. The number of sulfonamides is 1. The third-order valence-electron chi connectivity index (χ3n) is 6.77. The Hall–Kier alpha value is -3.44. The molecule has 0 aromatic heterocycles. The second-order valence-electron chi connectivity index (χ2n) is 10.5. The molecule has 0 saturated carbocycles. The summed E-state index contributed by atoms with van der Waals surface area (Å²) < 4.78 is 80.7. The number of nitrogens with two attached hydrogens (primary N) is 1. The topological polar surface area (TPSA) is 119 Å². The van der Waals surface area contributed by atoms with Crippen molar-refractivity contribution >= 4 is 34.3 Å². The van der Waals surface area contributed by atoms with Crippen LogP contribution in [0.15, 0.2) is 89.7 Å². The molecule has 11 heteroatoms. The lowest BCUT2D eigenvalue weighted by Crippen LogP contribution is -2.63. The Morgan fingerprint density at radius 3 is 2.29 bits per heavy atom. The van der Waals surface area contributed by atoms with Crippen molar-refractivity contribution in [3.8, 4) is 5.75 Å². The van der Waals surface area contributed by atoms with Crippen molar-refractivity contribution in [3.63, 3.8) is 0 Å². The van der Waals surface area contributed by atoms with Gasteiger partial charge >= 0.3 is 5.97 Å². The van der Waals surface area contributed by atoms with E-state index in [4.69, 9.17) is 22.1 Å². The molecule has 1 fully saturated rings. The van der Waals surface area contributed by atoms with Gasteiger partial charge in [-0.15, -0.1) is 12.4 Å². The number of hydrogen-bond donors (Lipinski definition) is 1. The lowest BCUT2D eigenvalue weighted by atomic mass is 9.87. The number of nitrogens with zero attached hydrogens (tertiary/aromatic N) is 2. The highest BCUT2D eigenvalue weighted by Gasteiger charge is 2.52. The molecule has 9 nitrogen and oxygen atoms in total. The number of esters is 1. The molecule has 4 rings (SSSR count). The molecule has 2 atom stereocenters. The van der Waals surface area contributed by atoms with Gasteiger partial charge in [0.25, 0.3) is 5.91 Å². The van der Waals surface area contributed by atoms with Crippen molar-refractivity contribution in [3.05, 3.63) is 95.9 Å². The van der Waals surface area contributed by atoms with Crippen molar-refractivity contribution in [1.29, 1.82) is 0 Å². The summed E-state index contributed by atoms with van der Waals surface area (Å²) in [6.45, 7) is 3.09. The Morgan fingerprint density at radius 2 is 1.69 bits per heavy atom. The summed E-state index contributed by atoms with van der Waals surface area (Å²) >= 11 is 0. The van der Waals surface area contributed by atoms with Gasteiger partial charge in [-0.1, -0.05) is 74.4 Å². The molecule has 0 aliphatic carbocycles. The zero-order valence-electron chi connectivity index (χ0n) is 28.8. The van der Waals surface area contributed by atoms with Crippen LogP contribution in [0.4, 0.5) is 0 Å². The fourth-order valence-electron chi connectivity index (χ4n) is 4.48. The number of halogens is 1. The van der Waals surface area contributed by atoms with Gasteiger partial charge in [0.1, 0.15) is 11.8 Å². The number of likely N-dealkylation sites (N-methyl/N-ethyl adjacent to an activating group) is 1. The molecule has 0 bridgehead atoms. The fraction of sp³-hybridized carbons (Fsp3) is 0.355. The van der Waals surface area contributed by atoms with E-state index in [0.717, 1.165) is 0 Å². The molecule has 42 heavy (non-hydrogen) atoms. The van der Waals surface area contributed by atoms with Crippen LogP contribution in [0.1, 0.15) is 31.8 Å². The molecule has 1 heterocycles. The van der Waals surface area contributed by atoms with Crippen LogP contribution in [0.25, 0.3) is 0 Å². The van der Waals surface area contributed by atoms with Gasteiger partial charge in [0.2, 0.25) is 10.0 Å². The van der Waals surface area contributed by atoms with Gasteiger partial charge in [-0.2, -0.15) is 4.31 Å². The summed E-state index contributed by atoms with van der Waals surface area (Å²) in [5.41, 5.74) is 5.81. The van der Waals surface area contributed by atoms with Gasteiger partial charge in [0.05, 0.1) is 24.8 Å². The predicted molar refractivity (Wildman–Crippen MR) is 163 cm³/mol. The zero-order valence-corrected chi connectivity index (χ0v) is 25.4. The van der Waals surface area contributed by atoms with Gasteiger partial charge in [0, 0.05) is 14.1 Å². The number of para-hydroxylation sites is 1. The molecule has 1 aliphatic heterocycles. The van der Waals surface area contributed by atoms with Crippen LogP contribution in [0.3, 0.4) is 0 Å². The third kappa shape index (κ3) is 7.30. The monoisotopic (exact) mass is 620 g/mol. The maximum atomic E-state index is 13.8. The quantitative estimate of drug-likeness (QED) is 0.325. The minimum Gasteiger partial charge on any atom is -0.480 e. The average Bonchev–Trinajstić information content (AvgIpc) is 3.00. The molecule has 3 aromatic carbocycles. The van der Waals surface area contributed by atoms with Gasteiger partial charge < -0.3 is 20.1 Å². The number of amides is 1. The smallest absolute Gasteiger partial charge is 0.324 e. The number of rotatable bonds is 11.